The van der Waals surface area contributed by atoms with Gasteiger partial charge in [-0.2, -0.15) is 0 Å². The van der Waals surface area contributed by atoms with Gasteiger partial charge in [-0.25, -0.2) is 0 Å². The van der Waals surface area contributed by atoms with Crippen LogP contribution in [0.15, 0.2) is 5.10 Å². The van der Waals surface area contributed by atoms with Crippen molar-refractivity contribution in [3.05, 3.63) is 0 Å². The summed E-state index contributed by atoms with van der Waals surface area (Å²) < 4.78 is 0. The Kier molecular flexibility index (Phi) is 1.57. The standard InChI is InChI=1S/C3H8B2N4/c4-1(5)2-7-3(6)9-8-2/h3-4,9H,5-6H2,(H,7,8). The number of rotatable bonds is 1. The van der Waals surface area contributed by atoms with Gasteiger partial charge in [0.15, 0.2) is 0 Å². The van der Waals surface area contributed by atoms with Crippen LogP contribution >= 0.6 is 0 Å². The summed E-state index contributed by atoms with van der Waals surface area (Å²) in [6.45, 7) is 0. The van der Waals surface area contributed by atoms with Gasteiger partial charge >= 0.3 is 54.4 Å². The molecule has 1 heterocycles. The molecule has 46 valence electrons. The molecular weight excluding hydrogens is 114 g/mol. The molecule has 1 unspecified atom stereocenters. The van der Waals surface area contributed by atoms with Crippen LogP contribution in [0.4, 0.5) is 0 Å². The molecule has 9 heavy (non-hydrogen) atoms. The fraction of sp³-hybridized carbons (Fsp3) is 0.333. The van der Waals surface area contributed by atoms with E-state index in [1.54, 1.807) is 0 Å². The van der Waals surface area contributed by atoms with E-state index >= 15 is 0 Å². The number of hydrogen-bond donors (Lipinski definition) is 3. The van der Waals surface area contributed by atoms with Gasteiger partial charge in [-0.3, -0.25) is 0 Å². The van der Waals surface area contributed by atoms with Crippen molar-refractivity contribution in [2.45, 2.75) is 6.29 Å². The van der Waals surface area contributed by atoms with Crippen molar-refractivity contribution in [3.63, 3.8) is 0 Å². The molecule has 0 saturated heterocycles. The number of amidine groups is 1. The summed E-state index contributed by atoms with van der Waals surface area (Å²) in [6, 6.07) is 0. The van der Waals surface area contributed by atoms with Crippen molar-refractivity contribution in [1.29, 1.82) is 0 Å². The third kappa shape index (κ3) is 1.32. The van der Waals surface area contributed by atoms with Gasteiger partial charge in [0.25, 0.3) is 0 Å². The number of nitrogens with two attached hydrogens (primary N) is 1. The summed E-state index contributed by atoms with van der Waals surface area (Å²) in [5, 5.41) is 7.60. The van der Waals surface area contributed by atoms with E-state index in [-0.39, 0.29) is 6.29 Å². The van der Waals surface area contributed by atoms with Crippen molar-refractivity contribution in [3.8, 4) is 0 Å². The molecule has 0 saturated carbocycles. The monoisotopic (exact) mass is 122 g/mol. The maximum absolute atomic E-state index is 5.38. The predicted octanol–water partition coefficient (Wildman–Crippen LogP) is -3.60. The Hall–Kier alpha value is -0.770. The van der Waals surface area contributed by atoms with Crippen LogP contribution < -0.4 is 16.5 Å². The Labute approximate surface area is 55.4 Å². The van der Waals surface area contributed by atoms with E-state index in [9.17, 15) is 0 Å². The third-order valence-electron chi connectivity index (χ3n) is 1.01. The zero-order valence-corrected chi connectivity index (χ0v) is 5.31. The van der Waals surface area contributed by atoms with Crippen LogP contribution in [0.5, 0.6) is 0 Å². The normalized spacial score (nSPS) is 24.0. The van der Waals surface area contributed by atoms with Crippen LogP contribution in [0.1, 0.15) is 0 Å². The molecule has 0 aromatic heterocycles. The fourth-order valence-electron chi connectivity index (χ4n) is 0.565. The van der Waals surface area contributed by atoms with Crippen molar-refractivity contribution in [2.24, 2.45) is 10.8 Å². The average Bonchev–Trinajstić information content (AvgIpc) is 2.14. The Morgan fingerprint density at radius 3 is 2.78 bits per heavy atom. The predicted molar refractivity (Wildman–Crippen MR) is 42.4 cm³/mol. The first-order valence-corrected chi connectivity index (χ1v) is 2.71. The van der Waals surface area contributed by atoms with Gasteiger partial charge < -0.3 is 0 Å². The second-order valence-corrected chi connectivity index (χ2v) is 1.99. The van der Waals surface area contributed by atoms with Crippen molar-refractivity contribution in [1.82, 2.24) is 10.7 Å². The minimum absolute atomic E-state index is 0.253. The molecule has 0 aromatic carbocycles. The SMILES string of the molecule is B=C(B)C1=NNC(N)N1. The third-order valence-corrected chi connectivity index (χ3v) is 1.01. The molecule has 0 bridgehead atoms. The summed E-state index contributed by atoms with van der Waals surface area (Å²) in [7, 11) is 5.55. The Morgan fingerprint density at radius 1 is 1.89 bits per heavy atom. The molecule has 0 fully saturated rings. The van der Waals surface area contributed by atoms with Gasteiger partial charge in [-0.1, -0.05) is 0 Å². The molecule has 4 N–H and O–H groups in total. The Balaban J connectivity index is 2.55. The minimum atomic E-state index is -0.253. The van der Waals surface area contributed by atoms with Gasteiger partial charge in [0.2, 0.25) is 0 Å². The molecule has 0 amide bonds. The number of hydrogen-bond acceptors (Lipinski definition) is 4. The van der Waals surface area contributed by atoms with Crippen LogP contribution in [0.3, 0.4) is 0 Å². The number of nitrogens with one attached hydrogen (secondary N) is 2. The number of hydrazone groups is 1. The summed E-state index contributed by atoms with van der Waals surface area (Å²) in [5.41, 5.74) is 8.03. The molecule has 1 rings (SSSR count). The molecule has 1 aliphatic rings. The molecule has 4 nitrogen and oxygen atoms in total. The molecule has 0 aromatic rings. The quantitative estimate of drug-likeness (QED) is 0.315. The summed E-state index contributed by atoms with van der Waals surface area (Å²) in [4.78, 5) is 0. The van der Waals surface area contributed by atoms with E-state index in [1.165, 1.54) is 0 Å². The van der Waals surface area contributed by atoms with Gasteiger partial charge in [-0.05, 0) is 0 Å². The first-order valence-electron chi connectivity index (χ1n) is 2.71. The van der Waals surface area contributed by atoms with Crippen LogP contribution in [-0.4, -0.2) is 32.8 Å². The second-order valence-electron chi connectivity index (χ2n) is 1.99. The summed E-state index contributed by atoms with van der Waals surface area (Å²) >= 11 is 0. The van der Waals surface area contributed by atoms with Crippen LogP contribution in [-0.2, 0) is 0 Å². The van der Waals surface area contributed by atoms with Gasteiger partial charge in [0.05, 0.1) is 0 Å². The second kappa shape index (κ2) is 2.23. The molecule has 1 aliphatic heterocycles. The molecule has 1 atom stereocenters. The topological polar surface area (TPSA) is 62.4 Å². The van der Waals surface area contributed by atoms with Crippen LogP contribution in [0, 0.1) is 0 Å². The number of nitrogens with zero attached hydrogens (tertiary/aromatic N) is 1. The first-order chi connectivity index (χ1) is 4.20. The molecular formula is C3H8B2N4. The van der Waals surface area contributed by atoms with E-state index in [2.05, 4.69) is 23.3 Å². The molecule has 0 radical (unpaired) electrons. The molecule has 0 aliphatic carbocycles. The average molecular weight is 122 g/mol. The van der Waals surface area contributed by atoms with Crippen molar-refractivity contribution >= 4 is 26.5 Å². The fourth-order valence-corrected chi connectivity index (χ4v) is 0.565. The van der Waals surface area contributed by atoms with Gasteiger partial charge in [-0.15, -0.1) is 0 Å². The van der Waals surface area contributed by atoms with E-state index in [1.807, 2.05) is 7.85 Å². The Morgan fingerprint density at radius 2 is 2.56 bits per heavy atom. The summed E-state index contributed by atoms with van der Waals surface area (Å²) in [5.74, 6) is 0.738. The van der Waals surface area contributed by atoms with Gasteiger partial charge in [0.1, 0.15) is 0 Å². The van der Waals surface area contributed by atoms with E-state index < -0.39 is 0 Å². The molecule has 6 heteroatoms. The van der Waals surface area contributed by atoms with Gasteiger partial charge in [0, 0.05) is 0 Å². The van der Waals surface area contributed by atoms with Crippen molar-refractivity contribution in [2.75, 3.05) is 0 Å². The van der Waals surface area contributed by atoms with Crippen LogP contribution in [0.25, 0.3) is 0 Å². The van der Waals surface area contributed by atoms with E-state index in [0.29, 0.717) is 0 Å². The van der Waals surface area contributed by atoms with E-state index in [4.69, 9.17) is 5.73 Å². The van der Waals surface area contributed by atoms with Crippen LogP contribution in [0.2, 0.25) is 0 Å². The first kappa shape index (κ1) is 6.35. The Bertz CT molecular complexity index is 165. The van der Waals surface area contributed by atoms with Crippen molar-refractivity contribution < 1.29 is 0 Å². The summed E-state index contributed by atoms with van der Waals surface area (Å²) in [6.07, 6.45) is -0.253. The zero-order valence-electron chi connectivity index (χ0n) is 5.31. The molecule has 0 spiro atoms. The van der Waals surface area contributed by atoms with E-state index in [0.717, 1.165) is 11.2 Å². The maximum atomic E-state index is 5.38. The zero-order chi connectivity index (χ0) is 6.85.